The molecule has 1 aromatic heterocycles. The summed E-state index contributed by atoms with van der Waals surface area (Å²) in [5.74, 6) is 0.0213. The van der Waals surface area contributed by atoms with Crippen LogP contribution in [0.3, 0.4) is 0 Å². The van der Waals surface area contributed by atoms with Crippen LogP contribution in [0.4, 0.5) is 0 Å². The molecule has 5 heteroatoms. The van der Waals surface area contributed by atoms with Crippen molar-refractivity contribution in [3.05, 3.63) is 53.3 Å². The van der Waals surface area contributed by atoms with Crippen LogP contribution in [0.5, 0.6) is 0 Å². The molecule has 0 spiro atoms. The molecule has 0 fully saturated rings. The molecule has 112 valence electrons. The van der Waals surface area contributed by atoms with Gasteiger partial charge in [-0.3, -0.25) is 9.48 Å². The van der Waals surface area contributed by atoms with Gasteiger partial charge in [0.15, 0.2) is 0 Å². The van der Waals surface area contributed by atoms with Crippen molar-refractivity contribution >= 4 is 21.8 Å². The molecular formula is C16H20BrN3O. The lowest BCUT2D eigenvalue weighted by Crippen LogP contribution is -2.33. The predicted molar refractivity (Wildman–Crippen MR) is 87.6 cm³/mol. The second-order valence-electron chi connectivity index (χ2n) is 4.90. The highest BCUT2D eigenvalue weighted by Gasteiger charge is 2.19. The lowest BCUT2D eigenvalue weighted by molar-refractivity contribution is 0.0743. The summed E-state index contributed by atoms with van der Waals surface area (Å²) in [7, 11) is 1.82. The van der Waals surface area contributed by atoms with Gasteiger partial charge in [0.05, 0.1) is 5.69 Å². The van der Waals surface area contributed by atoms with Gasteiger partial charge >= 0.3 is 0 Å². The first-order valence-corrected chi connectivity index (χ1v) is 8.20. The minimum atomic E-state index is 0.0213. The van der Waals surface area contributed by atoms with Crippen LogP contribution in [0, 0.1) is 0 Å². The summed E-state index contributed by atoms with van der Waals surface area (Å²) in [5.41, 5.74) is 2.72. The van der Waals surface area contributed by atoms with Gasteiger partial charge in [-0.05, 0) is 18.1 Å². The number of benzene rings is 1. The summed E-state index contributed by atoms with van der Waals surface area (Å²) in [6.07, 6.45) is 0.832. The number of nitrogens with zero attached hydrogens (tertiary/aromatic N) is 3. The third-order valence-electron chi connectivity index (χ3n) is 3.37. The number of rotatable bonds is 6. The summed E-state index contributed by atoms with van der Waals surface area (Å²) < 4.78 is 1.67. The van der Waals surface area contributed by atoms with Gasteiger partial charge in [-0.2, -0.15) is 5.10 Å². The third-order valence-corrected chi connectivity index (χ3v) is 3.72. The molecule has 0 unspecified atom stereocenters. The van der Waals surface area contributed by atoms with E-state index in [1.165, 1.54) is 0 Å². The van der Waals surface area contributed by atoms with Crippen molar-refractivity contribution in [2.24, 2.45) is 7.05 Å². The fourth-order valence-corrected chi connectivity index (χ4v) is 2.65. The second-order valence-corrected chi connectivity index (χ2v) is 5.69. The molecule has 0 aliphatic rings. The number of halogens is 1. The zero-order valence-electron chi connectivity index (χ0n) is 12.4. The van der Waals surface area contributed by atoms with Gasteiger partial charge in [-0.25, -0.2) is 0 Å². The normalized spacial score (nSPS) is 10.6. The first-order chi connectivity index (χ1) is 10.2. The van der Waals surface area contributed by atoms with E-state index in [2.05, 4.69) is 21.0 Å². The molecule has 0 N–H and O–H groups in total. The van der Waals surface area contributed by atoms with Crippen LogP contribution in [0.2, 0.25) is 0 Å². The Balaban J connectivity index is 2.20. The molecule has 1 amide bonds. The smallest absolute Gasteiger partial charge is 0.272 e. The van der Waals surface area contributed by atoms with E-state index in [9.17, 15) is 4.79 Å². The van der Waals surface area contributed by atoms with Crippen LogP contribution in [0.1, 0.15) is 28.7 Å². The Kier molecular flexibility index (Phi) is 5.56. The van der Waals surface area contributed by atoms with Gasteiger partial charge in [-0.15, -0.1) is 0 Å². The fraction of sp³-hybridized carbons (Fsp3) is 0.375. The largest absolute Gasteiger partial charge is 0.332 e. The summed E-state index contributed by atoms with van der Waals surface area (Å²) in [6.45, 7) is 3.31. The number of hydrogen-bond donors (Lipinski definition) is 0. The zero-order chi connectivity index (χ0) is 15.2. The molecule has 4 nitrogen and oxygen atoms in total. The van der Waals surface area contributed by atoms with Crippen LogP contribution in [-0.4, -0.2) is 32.5 Å². The van der Waals surface area contributed by atoms with Gasteiger partial charge < -0.3 is 4.90 Å². The van der Waals surface area contributed by atoms with Crippen molar-refractivity contribution in [2.45, 2.75) is 19.9 Å². The standard InChI is InChI=1S/C16H20BrN3O/c1-3-14-11-15(19(2)18-14)16(21)20(10-9-17)12-13-7-5-4-6-8-13/h4-8,11H,3,9-10,12H2,1-2H3. The Morgan fingerprint density at radius 2 is 2.05 bits per heavy atom. The Labute approximate surface area is 133 Å². The van der Waals surface area contributed by atoms with E-state index < -0.39 is 0 Å². The van der Waals surface area contributed by atoms with E-state index in [0.29, 0.717) is 18.8 Å². The van der Waals surface area contributed by atoms with Crippen LogP contribution in [0.25, 0.3) is 0 Å². The predicted octanol–water partition coefficient (Wildman–Crippen LogP) is 3.02. The quantitative estimate of drug-likeness (QED) is 0.751. The molecule has 0 radical (unpaired) electrons. The van der Waals surface area contributed by atoms with Crippen molar-refractivity contribution in [1.29, 1.82) is 0 Å². The molecule has 0 saturated carbocycles. The number of carbonyl (C=O) groups excluding carboxylic acids is 1. The number of aryl methyl sites for hydroxylation is 2. The lowest BCUT2D eigenvalue weighted by Gasteiger charge is -2.21. The number of alkyl halides is 1. The Morgan fingerprint density at radius 1 is 1.33 bits per heavy atom. The molecule has 21 heavy (non-hydrogen) atoms. The van der Waals surface area contributed by atoms with Crippen LogP contribution in [-0.2, 0) is 20.0 Å². The Hall–Kier alpha value is -1.62. The van der Waals surface area contributed by atoms with E-state index in [-0.39, 0.29) is 5.91 Å². The molecule has 0 saturated heterocycles. The maximum Gasteiger partial charge on any atom is 0.272 e. The average Bonchev–Trinajstić information content (AvgIpc) is 2.88. The molecule has 0 atom stereocenters. The second kappa shape index (κ2) is 7.41. The van der Waals surface area contributed by atoms with Crippen molar-refractivity contribution in [3.8, 4) is 0 Å². The maximum absolute atomic E-state index is 12.7. The number of aromatic nitrogens is 2. The zero-order valence-corrected chi connectivity index (χ0v) is 14.0. The van der Waals surface area contributed by atoms with Gasteiger partial charge in [0, 0.05) is 25.5 Å². The van der Waals surface area contributed by atoms with Crippen LogP contribution < -0.4 is 0 Å². The van der Waals surface area contributed by atoms with E-state index in [1.54, 1.807) is 4.68 Å². The van der Waals surface area contributed by atoms with Gasteiger partial charge in [0.2, 0.25) is 0 Å². The summed E-state index contributed by atoms with van der Waals surface area (Å²) in [6, 6.07) is 11.9. The van der Waals surface area contributed by atoms with Crippen molar-refractivity contribution in [3.63, 3.8) is 0 Å². The van der Waals surface area contributed by atoms with Crippen molar-refractivity contribution in [2.75, 3.05) is 11.9 Å². The highest BCUT2D eigenvalue weighted by atomic mass is 79.9. The van der Waals surface area contributed by atoms with Gasteiger partial charge in [-0.1, -0.05) is 53.2 Å². The molecule has 2 rings (SSSR count). The highest BCUT2D eigenvalue weighted by Crippen LogP contribution is 2.12. The molecule has 0 bridgehead atoms. The molecule has 2 aromatic rings. The van der Waals surface area contributed by atoms with Crippen LogP contribution in [0.15, 0.2) is 36.4 Å². The van der Waals surface area contributed by atoms with E-state index >= 15 is 0 Å². The van der Waals surface area contributed by atoms with E-state index in [0.717, 1.165) is 23.0 Å². The molecule has 1 heterocycles. The summed E-state index contributed by atoms with van der Waals surface area (Å²) in [4.78, 5) is 14.6. The SMILES string of the molecule is CCc1cc(C(=O)N(CCBr)Cc2ccccc2)n(C)n1. The fourth-order valence-electron chi connectivity index (χ4n) is 2.22. The Bertz CT molecular complexity index is 595. The van der Waals surface area contributed by atoms with Crippen LogP contribution >= 0.6 is 15.9 Å². The number of amides is 1. The first-order valence-electron chi connectivity index (χ1n) is 7.07. The maximum atomic E-state index is 12.7. The Morgan fingerprint density at radius 3 is 2.62 bits per heavy atom. The molecule has 0 aliphatic carbocycles. The van der Waals surface area contributed by atoms with Crippen molar-refractivity contribution < 1.29 is 4.79 Å². The summed E-state index contributed by atoms with van der Waals surface area (Å²) >= 11 is 3.43. The highest BCUT2D eigenvalue weighted by molar-refractivity contribution is 9.09. The summed E-state index contributed by atoms with van der Waals surface area (Å²) in [5, 5.41) is 5.11. The number of carbonyl (C=O) groups is 1. The lowest BCUT2D eigenvalue weighted by atomic mass is 10.2. The topological polar surface area (TPSA) is 38.1 Å². The molecule has 1 aromatic carbocycles. The third kappa shape index (κ3) is 3.94. The molecule has 0 aliphatic heterocycles. The van der Waals surface area contributed by atoms with Gasteiger partial charge in [0.1, 0.15) is 5.69 Å². The first kappa shape index (κ1) is 15.8. The van der Waals surface area contributed by atoms with E-state index in [4.69, 9.17) is 0 Å². The minimum Gasteiger partial charge on any atom is -0.332 e. The number of hydrogen-bond acceptors (Lipinski definition) is 2. The van der Waals surface area contributed by atoms with Gasteiger partial charge in [0.25, 0.3) is 5.91 Å². The van der Waals surface area contributed by atoms with E-state index in [1.807, 2.05) is 55.3 Å². The monoisotopic (exact) mass is 349 g/mol. The average molecular weight is 350 g/mol. The van der Waals surface area contributed by atoms with Crippen molar-refractivity contribution in [1.82, 2.24) is 14.7 Å². The molecular weight excluding hydrogens is 330 g/mol. The minimum absolute atomic E-state index is 0.0213.